The van der Waals surface area contributed by atoms with Crippen molar-refractivity contribution in [1.82, 2.24) is 9.47 Å². The zero-order valence-electron chi connectivity index (χ0n) is 15.3. The standard InChI is InChI=1S/C21H26N2O3/c1-26-20(24)13-16-23(19-7-3-2-4-8-19)21(25)17-9-11-18(12-10-17)22-14-5-6-15-22/h5-6,9-12,14-15,19H,2-4,7-8,13,16H2,1H3. The zero-order chi connectivity index (χ0) is 18.4. The van der Waals surface area contributed by atoms with Crippen LogP contribution in [0.25, 0.3) is 5.69 Å². The Bertz CT molecular complexity index is 716. The summed E-state index contributed by atoms with van der Waals surface area (Å²) in [6.07, 6.45) is 9.70. The van der Waals surface area contributed by atoms with Crippen molar-refractivity contribution in [1.29, 1.82) is 0 Å². The van der Waals surface area contributed by atoms with Crippen LogP contribution in [0.5, 0.6) is 0 Å². The summed E-state index contributed by atoms with van der Waals surface area (Å²) in [7, 11) is 1.38. The summed E-state index contributed by atoms with van der Waals surface area (Å²) in [5.74, 6) is -0.276. The van der Waals surface area contributed by atoms with Crippen LogP contribution in [-0.2, 0) is 9.53 Å². The maximum absolute atomic E-state index is 13.1. The van der Waals surface area contributed by atoms with Crippen LogP contribution in [0.2, 0.25) is 0 Å². The van der Waals surface area contributed by atoms with Gasteiger partial charge in [-0.05, 0) is 49.2 Å². The van der Waals surface area contributed by atoms with Gasteiger partial charge in [-0.3, -0.25) is 9.59 Å². The molecule has 0 aliphatic heterocycles. The minimum absolute atomic E-state index is 0.000130. The minimum Gasteiger partial charge on any atom is -0.469 e. The molecule has 1 aliphatic carbocycles. The number of hydrogen-bond acceptors (Lipinski definition) is 3. The Morgan fingerprint density at radius 2 is 1.73 bits per heavy atom. The van der Waals surface area contributed by atoms with Gasteiger partial charge in [0.05, 0.1) is 13.5 Å². The van der Waals surface area contributed by atoms with E-state index in [9.17, 15) is 9.59 Å². The van der Waals surface area contributed by atoms with E-state index in [-0.39, 0.29) is 24.3 Å². The van der Waals surface area contributed by atoms with Gasteiger partial charge in [-0.2, -0.15) is 0 Å². The summed E-state index contributed by atoms with van der Waals surface area (Å²) in [4.78, 5) is 26.6. The van der Waals surface area contributed by atoms with Crippen molar-refractivity contribution in [2.45, 2.75) is 44.6 Å². The molecule has 0 unspecified atom stereocenters. The third kappa shape index (κ3) is 4.34. The highest BCUT2D eigenvalue weighted by Crippen LogP contribution is 2.24. The number of benzene rings is 1. The Kier molecular flexibility index (Phi) is 6.10. The molecule has 5 nitrogen and oxygen atoms in total. The average molecular weight is 354 g/mol. The van der Waals surface area contributed by atoms with Crippen molar-refractivity contribution in [3.63, 3.8) is 0 Å². The fourth-order valence-corrected chi connectivity index (χ4v) is 3.61. The Hall–Kier alpha value is -2.56. The fraction of sp³-hybridized carbons (Fsp3) is 0.429. The van der Waals surface area contributed by atoms with Gasteiger partial charge in [0, 0.05) is 36.2 Å². The van der Waals surface area contributed by atoms with Crippen LogP contribution in [0.3, 0.4) is 0 Å². The molecule has 0 radical (unpaired) electrons. The first-order chi connectivity index (χ1) is 12.7. The second-order valence-corrected chi connectivity index (χ2v) is 6.75. The lowest BCUT2D eigenvalue weighted by Gasteiger charge is -2.34. The molecule has 1 aromatic carbocycles. The number of methoxy groups -OCH3 is 1. The van der Waals surface area contributed by atoms with E-state index in [4.69, 9.17) is 4.74 Å². The maximum Gasteiger partial charge on any atom is 0.307 e. The van der Waals surface area contributed by atoms with E-state index in [2.05, 4.69) is 0 Å². The van der Waals surface area contributed by atoms with E-state index in [0.717, 1.165) is 31.4 Å². The number of carbonyl (C=O) groups is 2. The van der Waals surface area contributed by atoms with Crippen LogP contribution in [-0.4, -0.2) is 41.0 Å². The summed E-state index contributed by atoms with van der Waals surface area (Å²) >= 11 is 0. The van der Waals surface area contributed by atoms with E-state index in [1.165, 1.54) is 13.5 Å². The number of carbonyl (C=O) groups excluding carboxylic acids is 2. The van der Waals surface area contributed by atoms with Crippen LogP contribution in [0, 0.1) is 0 Å². The third-order valence-electron chi connectivity index (χ3n) is 5.08. The second kappa shape index (κ2) is 8.70. The van der Waals surface area contributed by atoms with Crippen molar-refractivity contribution >= 4 is 11.9 Å². The summed E-state index contributed by atoms with van der Waals surface area (Å²) < 4.78 is 6.76. The monoisotopic (exact) mass is 354 g/mol. The van der Waals surface area contributed by atoms with Crippen LogP contribution < -0.4 is 0 Å². The predicted octanol–water partition coefficient (Wildman–Crippen LogP) is 3.82. The number of aromatic nitrogens is 1. The quantitative estimate of drug-likeness (QED) is 0.741. The van der Waals surface area contributed by atoms with Crippen molar-refractivity contribution in [3.8, 4) is 5.69 Å². The molecule has 5 heteroatoms. The molecule has 138 valence electrons. The molecular formula is C21H26N2O3. The van der Waals surface area contributed by atoms with E-state index in [0.29, 0.717) is 12.1 Å². The Balaban J connectivity index is 1.75. The lowest BCUT2D eigenvalue weighted by Crippen LogP contribution is -2.42. The fourth-order valence-electron chi connectivity index (χ4n) is 3.61. The number of amides is 1. The molecule has 1 aliphatic rings. The molecule has 0 saturated heterocycles. The van der Waals surface area contributed by atoms with Crippen molar-refractivity contribution in [2.24, 2.45) is 0 Å². The smallest absolute Gasteiger partial charge is 0.307 e. The van der Waals surface area contributed by atoms with Gasteiger partial charge >= 0.3 is 5.97 Å². The van der Waals surface area contributed by atoms with Gasteiger partial charge in [0.1, 0.15) is 0 Å². The lowest BCUT2D eigenvalue weighted by atomic mass is 9.93. The Morgan fingerprint density at radius 1 is 1.08 bits per heavy atom. The molecule has 3 rings (SSSR count). The van der Waals surface area contributed by atoms with Crippen molar-refractivity contribution < 1.29 is 14.3 Å². The summed E-state index contributed by atoms with van der Waals surface area (Å²) in [6, 6.07) is 11.8. The topological polar surface area (TPSA) is 51.5 Å². The van der Waals surface area contributed by atoms with Gasteiger partial charge in [0.25, 0.3) is 5.91 Å². The van der Waals surface area contributed by atoms with Crippen LogP contribution >= 0.6 is 0 Å². The number of esters is 1. The van der Waals surface area contributed by atoms with Crippen LogP contribution in [0.15, 0.2) is 48.8 Å². The number of rotatable bonds is 6. The first kappa shape index (κ1) is 18.2. The minimum atomic E-state index is -0.276. The molecule has 0 N–H and O–H groups in total. The highest BCUT2D eigenvalue weighted by atomic mass is 16.5. The first-order valence-corrected chi connectivity index (χ1v) is 9.30. The van der Waals surface area contributed by atoms with E-state index in [1.807, 2.05) is 58.3 Å². The Labute approximate surface area is 154 Å². The normalized spacial score (nSPS) is 14.8. The van der Waals surface area contributed by atoms with Gasteiger partial charge < -0.3 is 14.2 Å². The van der Waals surface area contributed by atoms with Crippen LogP contribution in [0.1, 0.15) is 48.9 Å². The molecule has 1 fully saturated rings. The highest BCUT2D eigenvalue weighted by Gasteiger charge is 2.26. The van der Waals surface area contributed by atoms with Crippen molar-refractivity contribution in [2.75, 3.05) is 13.7 Å². The molecule has 1 aromatic heterocycles. The van der Waals surface area contributed by atoms with Gasteiger partial charge in [-0.15, -0.1) is 0 Å². The van der Waals surface area contributed by atoms with Gasteiger partial charge in [-0.25, -0.2) is 0 Å². The second-order valence-electron chi connectivity index (χ2n) is 6.75. The first-order valence-electron chi connectivity index (χ1n) is 9.30. The average Bonchev–Trinajstić information content (AvgIpc) is 3.23. The molecule has 0 bridgehead atoms. The highest BCUT2D eigenvalue weighted by molar-refractivity contribution is 5.94. The van der Waals surface area contributed by atoms with E-state index >= 15 is 0 Å². The Morgan fingerprint density at radius 3 is 2.35 bits per heavy atom. The number of nitrogens with zero attached hydrogens (tertiary/aromatic N) is 2. The molecule has 0 spiro atoms. The molecular weight excluding hydrogens is 328 g/mol. The van der Waals surface area contributed by atoms with E-state index < -0.39 is 0 Å². The lowest BCUT2D eigenvalue weighted by molar-refractivity contribution is -0.140. The molecule has 1 saturated carbocycles. The molecule has 26 heavy (non-hydrogen) atoms. The number of hydrogen-bond donors (Lipinski definition) is 0. The zero-order valence-corrected chi connectivity index (χ0v) is 15.3. The molecule has 2 aromatic rings. The maximum atomic E-state index is 13.1. The predicted molar refractivity (Wildman–Crippen MR) is 100 cm³/mol. The van der Waals surface area contributed by atoms with Gasteiger partial charge in [-0.1, -0.05) is 19.3 Å². The van der Waals surface area contributed by atoms with E-state index in [1.54, 1.807) is 0 Å². The SMILES string of the molecule is COC(=O)CCN(C(=O)c1ccc(-n2cccc2)cc1)C1CCCCC1. The molecule has 0 atom stereocenters. The summed E-state index contributed by atoms with van der Waals surface area (Å²) in [5, 5.41) is 0. The number of ether oxygens (including phenoxy) is 1. The van der Waals surface area contributed by atoms with Crippen molar-refractivity contribution in [3.05, 3.63) is 54.4 Å². The summed E-state index contributed by atoms with van der Waals surface area (Å²) in [6.45, 7) is 0.412. The van der Waals surface area contributed by atoms with Gasteiger partial charge in [0.2, 0.25) is 0 Å². The third-order valence-corrected chi connectivity index (χ3v) is 5.08. The summed E-state index contributed by atoms with van der Waals surface area (Å²) in [5.41, 5.74) is 1.68. The molecule has 1 heterocycles. The largest absolute Gasteiger partial charge is 0.469 e. The molecule has 1 amide bonds. The van der Waals surface area contributed by atoms with Gasteiger partial charge in [0.15, 0.2) is 0 Å². The van der Waals surface area contributed by atoms with Crippen LogP contribution in [0.4, 0.5) is 0 Å².